The average Bonchev–Trinajstić information content (AvgIpc) is 2.77. The zero-order valence-electron chi connectivity index (χ0n) is 17.0. The molecule has 0 fully saturated rings. The van der Waals surface area contributed by atoms with Crippen LogP contribution in [0.1, 0.15) is 18.2 Å². The van der Waals surface area contributed by atoms with Crippen molar-refractivity contribution in [2.24, 2.45) is 0 Å². The molecule has 0 aliphatic rings. The molecule has 0 aliphatic carbocycles. The van der Waals surface area contributed by atoms with Crippen LogP contribution in [0.25, 0.3) is 22.1 Å². The van der Waals surface area contributed by atoms with Crippen molar-refractivity contribution in [1.29, 1.82) is 0 Å². The van der Waals surface area contributed by atoms with E-state index in [4.69, 9.17) is 17.0 Å². The first-order valence-electron chi connectivity index (χ1n) is 9.47. The summed E-state index contributed by atoms with van der Waals surface area (Å²) >= 11 is 5.17. The van der Waals surface area contributed by atoms with E-state index in [2.05, 4.69) is 30.9 Å². The molecule has 0 bridgehead atoms. The van der Waals surface area contributed by atoms with Crippen LogP contribution in [-0.4, -0.2) is 39.9 Å². The van der Waals surface area contributed by atoms with E-state index in [0.717, 1.165) is 6.21 Å². The number of ether oxygens (including phenoxy) is 1. The van der Waals surface area contributed by atoms with E-state index in [9.17, 15) is 9.80 Å². The minimum Gasteiger partial charge on any atom is -0.810 e. The van der Waals surface area contributed by atoms with Crippen molar-refractivity contribution < 1.29 is 9.13 Å². The van der Waals surface area contributed by atoms with Crippen LogP contribution in [-0.2, 0) is 6.54 Å². The fraction of sp³-hybridized carbons (Fsp3) is 0.190. The lowest BCUT2D eigenvalue weighted by atomic mass is 10.2. The second kappa shape index (κ2) is 10.4. The van der Waals surface area contributed by atoms with E-state index in [1.54, 1.807) is 30.3 Å². The SMILES string of the molecule is CCNC(=S)Nc1ccc2ncc(/C(C=[N-])=C/NCc3cccc(OC)c3F)nc2n1. The largest absolute Gasteiger partial charge is 0.810 e. The van der Waals surface area contributed by atoms with E-state index in [1.165, 1.54) is 19.5 Å². The molecule has 0 spiro atoms. The second-order valence-corrected chi connectivity index (χ2v) is 6.73. The molecule has 8 nitrogen and oxygen atoms in total. The highest BCUT2D eigenvalue weighted by molar-refractivity contribution is 7.80. The van der Waals surface area contributed by atoms with Gasteiger partial charge in [-0.25, -0.2) is 14.4 Å². The third kappa shape index (κ3) is 5.48. The first kappa shape index (κ1) is 22.0. The van der Waals surface area contributed by atoms with Crippen molar-refractivity contribution in [2.75, 3.05) is 19.0 Å². The predicted molar refractivity (Wildman–Crippen MR) is 124 cm³/mol. The van der Waals surface area contributed by atoms with E-state index in [1.807, 2.05) is 6.92 Å². The molecule has 10 heteroatoms. The van der Waals surface area contributed by atoms with Crippen LogP contribution in [0, 0.1) is 5.82 Å². The smallest absolute Gasteiger partial charge is 0.180 e. The number of methoxy groups -OCH3 is 1. The van der Waals surface area contributed by atoms with Crippen LogP contribution in [0.4, 0.5) is 10.2 Å². The Morgan fingerprint density at radius 1 is 1.26 bits per heavy atom. The molecule has 3 rings (SSSR count). The van der Waals surface area contributed by atoms with Crippen molar-refractivity contribution in [3.63, 3.8) is 0 Å². The van der Waals surface area contributed by atoms with Crippen LogP contribution >= 0.6 is 12.2 Å². The van der Waals surface area contributed by atoms with Gasteiger partial charge in [0.15, 0.2) is 22.3 Å². The number of rotatable bonds is 8. The maximum Gasteiger partial charge on any atom is 0.180 e. The molecule has 160 valence electrons. The van der Waals surface area contributed by atoms with Gasteiger partial charge in [0.2, 0.25) is 0 Å². The number of hydrogen-bond donors (Lipinski definition) is 3. The zero-order valence-corrected chi connectivity index (χ0v) is 17.8. The van der Waals surface area contributed by atoms with Gasteiger partial charge in [-0.15, -0.1) is 0 Å². The molecule has 0 saturated carbocycles. The number of benzene rings is 1. The number of nitrogens with one attached hydrogen (secondary N) is 3. The fourth-order valence-corrected chi connectivity index (χ4v) is 2.98. The van der Waals surface area contributed by atoms with Crippen LogP contribution in [0.15, 0.2) is 42.7 Å². The maximum atomic E-state index is 14.3. The number of halogens is 1. The predicted octanol–water partition coefficient (Wildman–Crippen LogP) is 3.25. The molecule has 31 heavy (non-hydrogen) atoms. The molecule has 2 heterocycles. The van der Waals surface area contributed by atoms with E-state index in [-0.39, 0.29) is 12.3 Å². The zero-order chi connectivity index (χ0) is 22.2. The molecule has 0 aliphatic heterocycles. The van der Waals surface area contributed by atoms with Gasteiger partial charge in [-0.2, -0.15) is 6.21 Å². The summed E-state index contributed by atoms with van der Waals surface area (Å²) in [5.74, 6) is 0.252. The minimum absolute atomic E-state index is 0.168. The molecule has 0 atom stereocenters. The minimum atomic E-state index is -0.439. The molecule has 2 aromatic heterocycles. The molecular formula is C21H21FN7OS-. The van der Waals surface area contributed by atoms with Gasteiger partial charge < -0.3 is 26.1 Å². The molecule has 0 amide bonds. The number of thiocarbonyl (C=S) groups is 1. The van der Waals surface area contributed by atoms with Crippen molar-refractivity contribution in [2.45, 2.75) is 13.5 Å². The summed E-state index contributed by atoms with van der Waals surface area (Å²) in [6.07, 6.45) is 3.94. The third-order valence-electron chi connectivity index (χ3n) is 4.23. The van der Waals surface area contributed by atoms with Crippen LogP contribution in [0.2, 0.25) is 0 Å². The normalized spacial score (nSPS) is 11.1. The Bertz CT molecular complexity index is 1140. The fourth-order valence-electron chi connectivity index (χ4n) is 2.73. The second-order valence-electron chi connectivity index (χ2n) is 6.32. The summed E-state index contributed by atoms with van der Waals surface area (Å²) < 4.78 is 19.2. The Morgan fingerprint density at radius 3 is 2.84 bits per heavy atom. The highest BCUT2D eigenvalue weighted by atomic mass is 32.1. The number of nitrogens with zero attached hydrogens (tertiary/aromatic N) is 4. The summed E-state index contributed by atoms with van der Waals surface area (Å²) in [6, 6.07) is 8.42. The Balaban J connectivity index is 1.79. The summed E-state index contributed by atoms with van der Waals surface area (Å²) in [7, 11) is 1.41. The summed E-state index contributed by atoms with van der Waals surface area (Å²) in [5, 5.41) is 19.0. The van der Waals surface area contributed by atoms with E-state index in [0.29, 0.717) is 45.5 Å². The lowest BCUT2D eigenvalue weighted by Crippen LogP contribution is -2.28. The lowest BCUT2D eigenvalue weighted by Gasteiger charge is -2.10. The molecule has 0 saturated heterocycles. The van der Waals surface area contributed by atoms with Crippen molar-refractivity contribution in [3.8, 4) is 5.75 Å². The van der Waals surface area contributed by atoms with Crippen molar-refractivity contribution in [3.05, 3.63) is 65.2 Å². The third-order valence-corrected chi connectivity index (χ3v) is 4.48. The quantitative estimate of drug-likeness (QED) is 0.364. The first-order valence-corrected chi connectivity index (χ1v) is 9.88. The molecule has 3 aromatic rings. The van der Waals surface area contributed by atoms with Gasteiger partial charge in [0, 0.05) is 24.9 Å². The molecule has 0 radical (unpaired) electrons. The van der Waals surface area contributed by atoms with Gasteiger partial charge in [0.1, 0.15) is 11.3 Å². The number of pyridine rings is 1. The molecule has 0 unspecified atom stereocenters. The maximum absolute atomic E-state index is 14.3. The van der Waals surface area contributed by atoms with Gasteiger partial charge in [-0.1, -0.05) is 12.1 Å². The average molecular weight is 439 g/mol. The number of anilines is 1. The standard InChI is InChI=1S/C21H21FN7OS/c1-3-25-21(31)29-18-8-7-15-20(28-18)27-16(12-26-15)14(9-23)11-24-10-13-5-4-6-17(30-2)19(13)22/h4-9,11-12,24H,3,10H2,1-2H3,(H2,25,27,28,29,31)/q-1/b14-11+. The monoisotopic (exact) mass is 438 g/mol. The molecule has 1 aromatic carbocycles. The number of hydrogen-bond acceptors (Lipinski definition) is 6. The lowest BCUT2D eigenvalue weighted by molar-refractivity contribution is 0.384. The van der Waals surface area contributed by atoms with E-state index >= 15 is 0 Å². The van der Waals surface area contributed by atoms with Crippen LogP contribution < -0.4 is 20.7 Å². The molecular weight excluding hydrogens is 417 g/mol. The Hall–Kier alpha value is -3.66. The van der Waals surface area contributed by atoms with Crippen molar-refractivity contribution >= 4 is 46.1 Å². The number of allylic oxidation sites excluding steroid dienone is 1. The van der Waals surface area contributed by atoms with Crippen LogP contribution in [0.5, 0.6) is 5.75 Å². The van der Waals surface area contributed by atoms with Gasteiger partial charge in [0.25, 0.3) is 0 Å². The Labute approximate surface area is 184 Å². The van der Waals surface area contributed by atoms with Gasteiger partial charge in [-0.05, 0) is 42.9 Å². The summed E-state index contributed by atoms with van der Waals surface area (Å²) in [6.45, 7) is 2.82. The van der Waals surface area contributed by atoms with Crippen molar-refractivity contribution in [1.82, 2.24) is 25.6 Å². The van der Waals surface area contributed by atoms with Crippen LogP contribution in [0.3, 0.4) is 0 Å². The topological polar surface area (TPSA) is 106 Å². The first-order chi connectivity index (χ1) is 15.0. The number of fused-ring (bicyclic) bond motifs is 1. The molecule has 3 N–H and O–H groups in total. The van der Waals surface area contributed by atoms with Gasteiger partial charge in [0.05, 0.1) is 19.0 Å². The highest BCUT2D eigenvalue weighted by Gasteiger charge is 2.08. The Kier molecular flexibility index (Phi) is 7.39. The highest BCUT2D eigenvalue weighted by Crippen LogP contribution is 2.20. The number of aromatic nitrogens is 3. The van der Waals surface area contributed by atoms with Gasteiger partial charge in [-0.3, -0.25) is 4.98 Å². The van der Waals surface area contributed by atoms with E-state index < -0.39 is 5.82 Å². The Morgan fingerprint density at radius 2 is 2.10 bits per heavy atom. The summed E-state index contributed by atoms with van der Waals surface area (Å²) in [4.78, 5) is 13.2. The summed E-state index contributed by atoms with van der Waals surface area (Å²) in [5.41, 5.74) is 2.15. The van der Waals surface area contributed by atoms with Gasteiger partial charge >= 0.3 is 0 Å².